The van der Waals surface area contributed by atoms with E-state index in [9.17, 15) is 4.79 Å². The molecule has 0 N–H and O–H groups in total. The molecule has 0 amide bonds. The maximum Gasteiger partial charge on any atom is 0.135 e. The summed E-state index contributed by atoms with van der Waals surface area (Å²) in [6.45, 7) is 20.8. The molecule has 0 fully saturated rings. The van der Waals surface area contributed by atoms with E-state index >= 15 is 0 Å². The van der Waals surface area contributed by atoms with E-state index < -0.39 is 0 Å². The number of carbonyl (C=O) groups is 1. The molecule has 148 valence electrons. The lowest BCUT2D eigenvalue weighted by molar-refractivity contribution is -0.123. The molecule has 1 unspecified atom stereocenters. The number of carbonyl (C=O) groups excluding carboxylic acids is 1. The first kappa shape index (κ1) is 28.7. The highest BCUT2D eigenvalue weighted by Crippen LogP contribution is 2.09. The van der Waals surface area contributed by atoms with Crippen LogP contribution in [-0.4, -0.2) is 5.78 Å². The van der Waals surface area contributed by atoms with Crippen molar-refractivity contribution in [3.63, 3.8) is 0 Å². The lowest BCUT2D eigenvalue weighted by Crippen LogP contribution is -2.11. The van der Waals surface area contributed by atoms with Crippen molar-refractivity contribution in [2.45, 2.75) is 101 Å². The third kappa shape index (κ3) is 22.9. The lowest BCUT2D eigenvalue weighted by atomic mass is 9.96. The van der Waals surface area contributed by atoms with E-state index in [1.807, 2.05) is 20.8 Å². The second kappa shape index (κ2) is 20.9. The largest absolute Gasteiger partial charge is 0.299 e. The second-order valence-electron chi connectivity index (χ2n) is 6.88. The minimum absolute atomic E-state index is 0.266. The average molecular weight is 351 g/mol. The van der Waals surface area contributed by atoms with E-state index in [-0.39, 0.29) is 5.92 Å². The minimum Gasteiger partial charge on any atom is -0.299 e. The van der Waals surface area contributed by atoms with Gasteiger partial charge in [0.25, 0.3) is 0 Å². The third-order valence-electron chi connectivity index (χ3n) is 3.70. The zero-order valence-electron chi connectivity index (χ0n) is 18.9. The molecule has 1 rings (SSSR count). The molecule has 0 aliphatic rings. The van der Waals surface area contributed by atoms with Crippen LogP contribution in [0.2, 0.25) is 0 Å². The molecule has 0 bridgehead atoms. The Morgan fingerprint density at radius 3 is 1.40 bits per heavy atom. The Hall–Kier alpha value is -1.11. The monoisotopic (exact) mass is 350 g/mol. The van der Waals surface area contributed by atoms with Crippen LogP contribution in [0.1, 0.15) is 98.6 Å². The first-order valence-corrected chi connectivity index (χ1v) is 10.3. The van der Waals surface area contributed by atoms with Crippen LogP contribution >= 0.6 is 0 Å². The van der Waals surface area contributed by atoms with Crippen LogP contribution in [0.25, 0.3) is 0 Å². The summed E-state index contributed by atoms with van der Waals surface area (Å²) in [5.74, 6) is 1.20. The fourth-order valence-electron chi connectivity index (χ4n) is 1.82. The summed E-state index contributed by atoms with van der Waals surface area (Å²) in [5, 5.41) is 0. The van der Waals surface area contributed by atoms with E-state index in [1.54, 1.807) is 0 Å². The Balaban J connectivity index is -0.000000289. The van der Waals surface area contributed by atoms with E-state index in [1.165, 1.54) is 30.4 Å². The van der Waals surface area contributed by atoms with Crippen LogP contribution in [0.3, 0.4) is 0 Å². The highest BCUT2D eigenvalue weighted by molar-refractivity contribution is 5.80. The number of benzene rings is 1. The molecule has 0 aromatic heterocycles. The maximum absolute atomic E-state index is 11.2. The molecular weight excluding hydrogens is 304 g/mol. The van der Waals surface area contributed by atoms with Crippen LogP contribution in [-0.2, 0) is 4.79 Å². The zero-order chi connectivity index (χ0) is 20.3. The van der Waals surface area contributed by atoms with Gasteiger partial charge in [-0.3, -0.25) is 4.79 Å². The Morgan fingerprint density at radius 1 is 0.840 bits per heavy atom. The minimum atomic E-state index is 0.266. The highest BCUT2D eigenvalue weighted by atomic mass is 16.1. The van der Waals surface area contributed by atoms with Crippen molar-refractivity contribution in [1.29, 1.82) is 0 Å². The van der Waals surface area contributed by atoms with Gasteiger partial charge in [-0.2, -0.15) is 0 Å². The number of rotatable bonds is 6. The Labute approximate surface area is 159 Å². The number of aryl methyl sites for hydroxylation is 2. The Bertz CT molecular complexity index is 353. The summed E-state index contributed by atoms with van der Waals surface area (Å²) in [6, 6.07) is 8.48. The van der Waals surface area contributed by atoms with Gasteiger partial charge in [-0.15, -0.1) is 0 Å². The fourth-order valence-corrected chi connectivity index (χ4v) is 1.82. The standard InChI is InChI=1S/C9H18O.C8H10.C5H12.C2H6/c1-5-8(4)9(10)6-7(2)3;1-7-3-5-8(2)6-4-7;1-3-5-4-2;1-2/h7-8H,5-6H2,1-4H3;3-6H,1-2H3;3-5H2,1-2H3;1-2H3. The molecule has 0 spiro atoms. The number of hydrogen-bond donors (Lipinski definition) is 0. The van der Waals surface area contributed by atoms with Gasteiger partial charge >= 0.3 is 0 Å². The fraction of sp³-hybridized carbons (Fsp3) is 0.708. The molecule has 0 aliphatic heterocycles. The highest BCUT2D eigenvalue weighted by Gasteiger charge is 2.11. The van der Waals surface area contributed by atoms with Crippen molar-refractivity contribution in [3.8, 4) is 0 Å². The maximum atomic E-state index is 11.2. The topological polar surface area (TPSA) is 17.1 Å². The van der Waals surface area contributed by atoms with Crippen molar-refractivity contribution >= 4 is 5.78 Å². The van der Waals surface area contributed by atoms with Gasteiger partial charge in [0.2, 0.25) is 0 Å². The molecule has 0 radical (unpaired) electrons. The summed E-state index contributed by atoms with van der Waals surface area (Å²) >= 11 is 0. The summed E-state index contributed by atoms with van der Waals surface area (Å²) in [5.41, 5.74) is 2.66. The third-order valence-corrected chi connectivity index (χ3v) is 3.70. The number of ketones is 1. The summed E-state index contributed by atoms with van der Waals surface area (Å²) in [7, 11) is 0. The van der Waals surface area contributed by atoms with Gasteiger partial charge in [0.05, 0.1) is 0 Å². The molecule has 1 atom stereocenters. The number of hydrogen-bond acceptors (Lipinski definition) is 1. The zero-order valence-corrected chi connectivity index (χ0v) is 18.9. The van der Waals surface area contributed by atoms with Crippen molar-refractivity contribution in [3.05, 3.63) is 35.4 Å². The molecule has 1 aromatic carbocycles. The van der Waals surface area contributed by atoms with Crippen LogP contribution in [0.4, 0.5) is 0 Å². The van der Waals surface area contributed by atoms with Gasteiger partial charge < -0.3 is 0 Å². The SMILES string of the molecule is CC.CCC(C)C(=O)CC(C)C.CCCCC.Cc1ccc(C)cc1. The van der Waals surface area contributed by atoms with E-state index in [0.717, 1.165) is 12.8 Å². The molecule has 1 heteroatoms. The molecule has 1 aromatic rings. The van der Waals surface area contributed by atoms with Crippen molar-refractivity contribution in [2.24, 2.45) is 11.8 Å². The molecule has 25 heavy (non-hydrogen) atoms. The van der Waals surface area contributed by atoms with Crippen LogP contribution in [0.15, 0.2) is 24.3 Å². The quantitative estimate of drug-likeness (QED) is 0.505. The van der Waals surface area contributed by atoms with Gasteiger partial charge in [0.1, 0.15) is 5.78 Å². The van der Waals surface area contributed by atoms with Gasteiger partial charge in [-0.1, -0.05) is 110 Å². The molecule has 1 nitrogen and oxygen atoms in total. The molecule has 0 heterocycles. The van der Waals surface area contributed by atoms with Gasteiger partial charge in [-0.25, -0.2) is 0 Å². The average Bonchev–Trinajstić information content (AvgIpc) is 2.60. The van der Waals surface area contributed by atoms with Gasteiger partial charge in [0, 0.05) is 12.3 Å². The Morgan fingerprint density at radius 2 is 1.20 bits per heavy atom. The summed E-state index contributed by atoms with van der Waals surface area (Å²) in [4.78, 5) is 11.2. The predicted octanol–water partition coefficient (Wildman–Crippen LogP) is 8.17. The first-order valence-electron chi connectivity index (χ1n) is 10.3. The second-order valence-corrected chi connectivity index (χ2v) is 6.88. The van der Waals surface area contributed by atoms with E-state index in [4.69, 9.17) is 0 Å². The van der Waals surface area contributed by atoms with Gasteiger partial charge in [0.15, 0.2) is 0 Å². The normalized spacial score (nSPS) is 10.4. The predicted molar refractivity (Wildman–Crippen MR) is 116 cm³/mol. The number of Topliss-reactive ketones (excluding diaryl/α,β-unsaturated/α-hetero) is 1. The van der Waals surface area contributed by atoms with Crippen LogP contribution < -0.4 is 0 Å². The molecule has 0 saturated carbocycles. The van der Waals surface area contributed by atoms with Crippen molar-refractivity contribution < 1.29 is 4.79 Å². The van der Waals surface area contributed by atoms with E-state index in [2.05, 4.69) is 72.7 Å². The molecule has 0 saturated heterocycles. The van der Waals surface area contributed by atoms with Gasteiger partial charge in [-0.05, 0) is 26.2 Å². The lowest BCUT2D eigenvalue weighted by Gasteiger charge is -2.08. The smallest absolute Gasteiger partial charge is 0.135 e. The summed E-state index contributed by atoms with van der Waals surface area (Å²) < 4.78 is 0. The molecule has 0 aliphatic carbocycles. The Kier molecular flexibility index (Phi) is 24.0. The summed E-state index contributed by atoms with van der Waals surface area (Å²) in [6.07, 6.45) is 5.80. The van der Waals surface area contributed by atoms with Crippen molar-refractivity contribution in [1.82, 2.24) is 0 Å². The van der Waals surface area contributed by atoms with Crippen LogP contribution in [0.5, 0.6) is 0 Å². The molecular formula is C24H46O. The van der Waals surface area contributed by atoms with Crippen LogP contribution in [0, 0.1) is 25.7 Å². The van der Waals surface area contributed by atoms with Crippen molar-refractivity contribution in [2.75, 3.05) is 0 Å². The number of unbranched alkanes of at least 4 members (excludes halogenated alkanes) is 2. The van der Waals surface area contributed by atoms with E-state index in [0.29, 0.717) is 11.7 Å². The first-order chi connectivity index (χ1) is 11.8.